The van der Waals surface area contributed by atoms with Crippen molar-refractivity contribution in [3.8, 4) is 0 Å². The number of piperidine rings is 1. The van der Waals surface area contributed by atoms with Gasteiger partial charge in [0.15, 0.2) is 0 Å². The number of carboxylic acids is 1. The lowest BCUT2D eigenvalue weighted by Gasteiger charge is -2.30. The second kappa shape index (κ2) is 6.22. The Bertz CT molecular complexity index is 535. The van der Waals surface area contributed by atoms with Crippen molar-refractivity contribution in [3.05, 3.63) is 34.6 Å². The monoisotopic (exact) mass is 299 g/mol. The van der Waals surface area contributed by atoms with E-state index in [1.54, 1.807) is 4.90 Å². The molecule has 4 nitrogen and oxygen atoms in total. The lowest BCUT2D eigenvalue weighted by molar-refractivity contribution is -0.145. The van der Waals surface area contributed by atoms with E-state index >= 15 is 0 Å². The van der Waals surface area contributed by atoms with Crippen LogP contribution in [-0.4, -0.2) is 35.0 Å². The van der Waals surface area contributed by atoms with E-state index in [9.17, 15) is 14.0 Å². The molecule has 2 rings (SSSR count). The van der Waals surface area contributed by atoms with Crippen LogP contribution in [0, 0.1) is 11.7 Å². The molecule has 0 spiro atoms. The molecule has 0 bridgehead atoms. The molecule has 108 valence electrons. The molecule has 0 radical (unpaired) electrons. The lowest BCUT2D eigenvalue weighted by atomic mass is 9.97. The van der Waals surface area contributed by atoms with Crippen LogP contribution in [0.15, 0.2) is 18.2 Å². The van der Waals surface area contributed by atoms with Crippen LogP contribution in [0.3, 0.4) is 0 Å². The Kier molecular flexibility index (Phi) is 4.60. The minimum atomic E-state index is -0.873. The summed E-state index contributed by atoms with van der Waals surface area (Å²) in [7, 11) is 0. The van der Waals surface area contributed by atoms with Crippen molar-refractivity contribution in [2.24, 2.45) is 5.92 Å². The first-order valence-corrected chi connectivity index (χ1v) is 6.79. The highest BCUT2D eigenvalue weighted by Gasteiger charge is 2.28. The van der Waals surface area contributed by atoms with Crippen molar-refractivity contribution in [2.75, 3.05) is 13.1 Å². The van der Waals surface area contributed by atoms with E-state index in [2.05, 4.69) is 0 Å². The van der Waals surface area contributed by atoms with Gasteiger partial charge in [-0.15, -0.1) is 0 Å². The first kappa shape index (κ1) is 14.8. The van der Waals surface area contributed by atoms with Gasteiger partial charge in [-0.3, -0.25) is 9.59 Å². The minimum absolute atomic E-state index is 0.0610. The molecule has 1 aromatic rings. The smallest absolute Gasteiger partial charge is 0.308 e. The maximum Gasteiger partial charge on any atom is 0.308 e. The van der Waals surface area contributed by atoms with E-state index in [1.165, 1.54) is 18.2 Å². The van der Waals surface area contributed by atoms with Crippen molar-refractivity contribution in [3.63, 3.8) is 0 Å². The fraction of sp³-hybridized carbons (Fsp3) is 0.429. The largest absolute Gasteiger partial charge is 0.481 e. The van der Waals surface area contributed by atoms with Gasteiger partial charge < -0.3 is 10.0 Å². The van der Waals surface area contributed by atoms with E-state index in [0.717, 1.165) is 0 Å². The van der Waals surface area contributed by atoms with Crippen LogP contribution >= 0.6 is 11.6 Å². The fourth-order valence-corrected chi connectivity index (χ4v) is 2.58. The van der Waals surface area contributed by atoms with Gasteiger partial charge >= 0.3 is 5.97 Å². The molecule has 20 heavy (non-hydrogen) atoms. The van der Waals surface area contributed by atoms with Crippen LogP contribution in [0.4, 0.5) is 4.39 Å². The molecule has 1 heterocycles. The van der Waals surface area contributed by atoms with Gasteiger partial charge in [-0.05, 0) is 30.5 Å². The van der Waals surface area contributed by atoms with Gasteiger partial charge in [0.2, 0.25) is 5.91 Å². The van der Waals surface area contributed by atoms with Gasteiger partial charge in [0.25, 0.3) is 0 Å². The van der Waals surface area contributed by atoms with E-state index in [-0.39, 0.29) is 23.9 Å². The first-order chi connectivity index (χ1) is 9.47. The first-order valence-electron chi connectivity index (χ1n) is 6.42. The highest BCUT2D eigenvalue weighted by Crippen LogP contribution is 2.21. The van der Waals surface area contributed by atoms with Crippen molar-refractivity contribution < 1.29 is 19.1 Å². The number of rotatable bonds is 3. The summed E-state index contributed by atoms with van der Waals surface area (Å²) in [6.07, 6.45) is 1.34. The Hall–Kier alpha value is -1.62. The maximum absolute atomic E-state index is 12.9. The zero-order valence-corrected chi connectivity index (χ0v) is 11.6. The average molecular weight is 300 g/mol. The summed E-state index contributed by atoms with van der Waals surface area (Å²) in [5.41, 5.74) is 0.551. The number of hydrogen-bond donors (Lipinski definition) is 1. The van der Waals surface area contributed by atoms with Gasteiger partial charge in [0.1, 0.15) is 5.82 Å². The number of hydrogen-bond acceptors (Lipinski definition) is 2. The summed E-state index contributed by atoms with van der Waals surface area (Å²) in [5.74, 6) is -2.00. The molecule has 0 aromatic heterocycles. The third-order valence-electron chi connectivity index (χ3n) is 3.48. The molecule has 6 heteroatoms. The Morgan fingerprint density at radius 3 is 2.85 bits per heavy atom. The third kappa shape index (κ3) is 3.48. The van der Waals surface area contributed by atoms with E-state index in [0.29, 0.717) is 24.9 Å². The van der Waals surface area contributed by atoms with Gasteiger partial charge in [0, 0.05) is 18.1 Å². The number of benzene rings is 1. The highest BCUT2D eigenvalue weighted by atomic mass is 35.5. The summed E-state index contributed by atoms with van der Waals surface area (Å²) < 4.78 is 12.9. The zero-order chi connectivity index (χ0) is 14.7. The zero-order valence-electron chi connectivity index (χ0n) is 10.8. The summed E-state index contributed by atoms with van der Waals surface area (Å²) in [6, 6.07) is 3.90. The van der Waals surface area contributed by atoms with Crippen LogP contribution in [0.1, 0.15) is 18.4 Å². The van der Waals surface area contributed by atoms with Gasteiger partial charge in [-0.25, -0.2) is 4.39 Å². The minimum Gasteiger partial charge on any atom is -0.481 e. The number of carbonyl (C=O) groups is 2. The standard InChI is InChI=1S/C14H15ClFNO3/c15-12-7-11(16)4-3-9(12)6-13(18)17-5-1-2-10(8-17)14(19)20/h3-4,7,10H,1-2,5-6,8H2,(H,19,20). The molecule has 1 aliphatic rings. The predicted octanol–water partition coefficient (Wildman–Crippen LogP) is 2.34. The van der Waals surface area contributed by atoms with Crippen LogP contribution in [0.2, 0.25) is 5.02 Å². The van der Waals surface area contributed by atoms with Crippen molar-refractivity contribution in [1.82, 2.24) is 4.90 Å². The highest BCUT2D eigenvalue weighted by molar-refractivity contribution is 6.31. The SMILES string of the molecule is O=C(O)C1CCCN(C(=O)Cc2ccc(F)cc2Cl)C1. The average Bonchev–Trinajstić information content (AvgIpc) is 2.42. The van der Waals surface area contributed by atoms with Crippen LogP contribution < -0.4 is 0 Å². The summed E-state index contributed by atoms with van der Waals surface area (Å²) in [6.45, 7) is 0.786. The number of carboxylic acid groups (broad SMARTS) is 1. The Labute approximate surface area is 121 Å². The lowest BCUT2D eigenvalue weighted by Crippen LogP contribution is -2.43. The van der Waals surface area contributed by atoms with E-state index in [1.807, 2.05) is 0 Å². The molecular weight excluding hydrogens is 285 g/mol. The molecular formula is C14H15ClFNO3. The van der Waals surface area contributed by atoms with Crippen molar-refractivity contribution >= 4 is 23.5 Å². The van der Waals surface area contributed by atoms with Crippen LogP contribution in [0.25, 0.3) is 0 Å². The topological polar surface area (TPSA) is 57.6 Å². The van der Waals surface area contributed by atoms with E-state index < -0.39 is 17.7 Å². The van der Waals surface area contributed by atoms with Crippen LogP contribution in [0.5, 0.6) is 0 Å². The quantitative estimate of drug-likeness (QED) is 0.932. The molecule has 1 fully saturated rings. The Balaban J connectivity index is 2.02. The molecule has 0 aliphatic carbocycles. The summed E-state index contributed by atoms with van der Waals surface area (Å²) in [5, 5.41) is 9.21. The Morgan fingerprint density at radius 2 is 2.20 bits per heavy atom. The number of aliphatic carboxylic acids is 1. The molecule has 1 aliphatic heterocycles. The van der Waals surface area contributed by atoms with E-state index in [4.69, 9.17) is 16.7 Å². The number of nitrogens with zero attached hydrogens (tertiary/aromatic N) is 1. The molecule has 1 aromatic carbocycles. The normalized spacial score (nSPS) is 18.9. The van der Waals surface area contributed by atoms with Crippen LogP contribution in [-0.2, 0) is 16.0 Å². The molecule has 1 N–H and O–H groups in total. The Morgan fingerprint density at radius 1 is 1.45 bits per heavy atom. The molecule has 1 unspecified atom stereocenters. The fourth-order valence-electron chi connectivity index (χ4n) is 2.35. The van der Waals surface area contributed by atoms with Gasteiger partial charge in [-0.1, -0.05) is 17.7 Å². The summed E-state index contributed by atoms with van der Waals surface area (Å²) in [4.78, 5) is 24.7. The third-order valence-corrected chi connectivity index (χ3v) is 3.83. The number of amides is 1. The number of likely N-dealkylation sites (tertiary alicyclic amines) is 1. The second-order valence-electron chi connectivity index (χ2n) is 4.93. The molecule has 1 atom stereocenters. The van der Waals surface area contributed by atoms with Crippen molar-refractivity contribution in [2.45, 2.75) is 19.3 Å². The number of carbonyl (C=O) groups excluding carboxylic acids is 1. The molecule has 0 saturated carbocycles. The van der Waals surface area contributed by atoms with Gasteiger partial charge in [-0.2, -0.15) is 0 Å². The maximum atomic E-state index is 12.9. The molecule has 1 amide bonds. The van der Waals surface area contributed by atoms with Crippen molar-refractivity contribution in [1.29, 1.82) is 0 Å². The van der Waals surface area contributed by atoms with Gasteiger partial charge in [0.05, 0.1) is 12.3 Å². The number of halogens is 2. The second-order valence-corrected chi connectivity index (χ2v) is 5.34. The molecule has 1 saturated heterocycles. The summed E-state index contributed by atoms with van der Waals surface area (Å²) >= 11 is 5.89. The predicted molar refractivity (Wildman–Crippen MR) is 72.1 cm³/mol.